The second-order valence-corrected chi connectivity index (χ2v) is 3.59. The maximum atomic E-state index is 11.8. The summed E-state index contributed by atoms with van der Waals surface area (Å²) >= 11 is 0. The fraction of sp³-hybridized carbons (Fsp3) is 0.385. The van der Waals surface area contributed by atoms with E-state index in [0.717, 1.165) is 5.56 Å². The molecule has 90 valence electrons. The number of hydrogen-bond acceptors (Lipinski definition) is 2. The third-order valence-corrected chi connectivity index (χ3v) is 2.58. The van der Waals surface area contributed by atoms with E-state index in [0.29, 0.717) is 13.1 Å². The van der Waals surface area contributed by atoms with Crippen LogP contribution < -0.4 is 5.32 Å². The average molecular weight is 231 g/mol. The minimum atomic E-state index is -0.593. The maximum absolute atomic E-state index is 11.8. The van der Waals surface area contributed by atoms with Crippen molar-refractivity contribution in [3.8, 4) is 6.07 Å². The van der Waals surface area contributed by atoms with E-state index in [4.69, 9.17) is 5.26 Å². The number of carbonyl (C=O) groups is 1. The molecule has 4 nitrogen and oxygen atoms in total. The van der Waals surface area contributed by atoms with Crippen molar-refractivity contribution >= 4 is 6.03 Å². The predicted molar refractivity (Wildman–Crippen MR) is 66.2 cm³/mol. The van der Waals surface area contributed by atoms with E-state index in [-0.39, 0.29) is 6.03 Å². The van der Waals surface area contributed by atoms with Gasteiger partial charge in [0.15, 0.2) is 0 Å². The van der Waals surface area contributed by atoms with Crippen LogP contribution in [0.5, 0.6) is 0 Å². The molecular weight excluding hydrogens is 214 g/mol. The first-order chi connectivity index (χ1) is 8.22. The highest BCUT2D eigenvalue weighted by Crippen LogP contribution is 2.11. The summed E-state index contributed by atoms with van der Waals surface area (Å²) in [6, 6.07) is 10.5. The summed E-state index contributed by atoms with van der Waals surface area (Å²) in [6.07, 6.45) is 0. The van der Waals surface area contributed by atoms with Gasteiger partial charge in [-0.2, -0.15) is 5.26 Å². The molecule has 0 aromatic heterocycles. The van der Waals surface area contributed by atoms with Crippen LogP contribution in [0, 0.1) is 11.3 Å². The van der Waals surface area contributed by atoms with E-state index in [2.05, 4.69) is 11.4 Å². The third-order valence-electron chi connectivity index (χ3n) is 2.58. The summed E-state index contributed by atoms with van der Waals surface area (Å²) in [5.74, 6) is 0. The molecule has 0 aliphatic carbocycles. The lowest BCUT2D eigenvalue weighted by Crippen LogP contribution is -2.41. The number of nitriles is 1. The lowest BCUT2D eigenvalue weighted by atomic mass is 10.1. The highest BCUT2D eigenvalue weighted by Gasteiger charge is 2.16. The van der Waals surface area contributed by atoms with Gasteiger partial charge in [0.05, 0.1) is 6.07 Å². The molecule has 2 amide bonds. The van der Waals surface area contributed by atoms with E-state index >= 15 is 0 Å². The van der Waals surface area contributed by atoms with Gasteiger partial charge in [-0.3, -0.25) is 0 Å². The number of rotatable bonds is 4. The van der Waals surface area contributed by atoms with Gasteiger partial charge in [0.1, 0.15) is 6.04 Å². The molecule has 0 fully saturated rings. The Morgan fingerprint density at radius 1 is 1.35 bits per heavy atom. The topological polar surface area (TPSA) is 56.1 Å². The minimum absolute atomic E-state index is 0.203. The van der Waals surface area contributed by atoms with E-state index in [1.807, 2.05) is 44.2 Å². The molecule has 0 radical (unpaired) electrons. The van der Waals surface area contributed by atoms with E-state index in [9.17, 15) is 4.79 Å². The molecule has 0 aliphatic heterocycles. The van der Waals surface area contributed by atoms with Gasteiger partial charge in [-0.15, -0.1) is 0 Å². The van der Waals surface area contributed by atoms with Gasteiger partial charge >= 0.3 is 6.03 Å². The van der Waals surface area contributed by atoms with E-state index < -0.39 is 6.04 Å². The number of urea groups is 1. The Morgan fingerprint density at radius 2 is 1.94 bits per heavy atom. The van der Waals surface area contributed by atoms with Crippen molar-refractivity contribution in [1.29, 1.82) is 5.26 Å². The molecular formula is C13H17N3O. The minimum Gasteiger partial charge on any atom is -0.325 e. The molecule has 0 heterocycles. The quantitative estimate of drug-likeness (QED) is 0.864. The van der Waals surface area contributed by atoms with Crippen molar-refractivity contribution in [2.45, 2.75) is 19.9 Å². The fourth-order valence-corrected chi connectivity index (χ4v) is 1.56. The van der Waals surface area contributed by atoms with Crippen LogP contribution in [0.25, 0.3) is 0 Å². The molecule has 0 spiro atoms. The van der Waals surface area contributed by atoms with E-state index in [1.54, 1.807) is 4.90 Å². The molecule has 0 saturated carbocycles. The van der Waals surface area contributed by atoms with Crippen LogP contribution in [-0.4, -0.2) is 24.0 Å². The van der Waals surface area contributed by atoms with Gasteiger partial charge in [0.2, 0.25) is 0 Å². The second kappa shape index (κ2) is 6.54. The molecule has 1 aromatic rings. The highest BCUT2D eigenvalue weighted by atomic mass is 16.2. The van der Waals surface area contributed by atoms with Crippen molar-refractivity contribution < 1.29 is 4.79 Å². The van der Waals surface area contributed by atoms with Crippen LogP contribution in [0.1, 0.15) is 25.5 Å². The Balaban J connectivity index is 2.72. The summed E-state index contributed by atoms with van der Waals surface area (Å²) < 4.78 is 0. The zero-order valence-electron chi connectivity index (χ0n) is 10.2. The molecule has 1 rings (SSSR count). The predicted octanol–water partition coefficient (Wildman–Crippen LogP) is 2.30. The van der Waals surface area contributed by atoms with Gasteiger partial charge in [-0.25, -0.2) is 4.79 Å². The molecule has 1 unspecified atom stereocenters. The molecule has 0 saturated heterocycles. The number of benzene rings is 1. The third kappa shape index (κ3) is 3.49. The normalized spacial score (nSPS) is 11.4. The van der Waals surface area contributed by atoms with Crippen LogP contribution in [0.4, 0.5) is 4.79 Å². The number of nitrogens with one attached hydrogen (secondary N) is 1. The van der Waals surface area contributed by atoms with Crippen LogP contribution in [-0.2, 0) is 0 Å². The molecule has 1 atom stereocenters. The number of hydrogen-bond donors (Lipinski definition) is 1. The first-order valence-electron chi connectivity index (χ1n) is 5.72. The SMILES string of the molecule is CCN(CC)C(=O)NC(C#N)c1ccccc1. The smallest absolute Gasteiger partial charge is 0.318 e. The first-order valence-corrected chi connectivity index (χ1v) is 5.72. The van der Waals surface area contributed by atoms with E-state index in [1.165, 1.54) is 0 Å². The molecule has 0 bridgehead atoms. The van der Waals surface area contributed by atoms with Crippen LogP contribution in [0.15, 0.2) is 30.3 Å². The van der Waals surface area contributed by atoms with Gasteiger partial charge < -0.3 is 10.2 Å². The van der Waals surface area contributed by atoms with Gasteiger partial charge in [-0.1, -0.05) is 30.3 Å². The lowest BCUT2D eigenvalue weighted by Gasteiger charge is -2.21. The summed E-state index contributed by atoms with van der Waals surface area (Å²) in [5.41, 5.74) is 0.801. The largest absolute Gasteiger partial charge is 0.325 e. The van der Waals surface area contributed by atoms with Gasteiger partial charge in [0.25, 0.3) is 0 Å². The van der Waals surface area contributed by atoms with Crippen molar-refractivity contribution in [2.75, 3.05) is 13.1 Å². The summed E-state index contributed by atoms with van der Waals surface area (Å²) in [7, 11) is 0. The lowest BCUT2D eigenvalue weighted by molar-refractivity contribution is 0.201. The maximum Gasteiger partial charge on any atom is 0.318 e. The zero-order valence-corrected chi connectivity index (χ0v) is 10.2. The highest BCUT2D eigenvalue weighted by molar-refractivity contribution is 5.75. The Labute approximate surface area is 102 Å². The molecule has 4 heteroatoms. The Bertz CT molecular complexity index is 393. The Morgan fingerprint density at radius 3 is 2.41 bits per heavy atom. The average Bonchev–Trinajstić information content (AvgIpc) is 2.38. The van der Waals surface area contributed by atoms with Crippen molar-refractivity contribution in [3.05, 3.63) is 35.9 Å². The number of carbonyl (C=O) groups excluding carboxylic acids is 1. The zero-order chi connectivity index (χ0) is 12.7. The van der Waals surface area contributed by atoms with Crippen LogP contribution in [0.3, 0.4) is 0 Å². The standard InChI is InChI=1S/C13H17N3O/c1-3-16(4-2)13(17)15-12(10-14)11-8-6-5-7-9-11/h5-9,12H,3-4H2,1-2H3,(H,15,17). The molecule has 1 aromatic carbocycles. The summed E-state index contributed by atoms with van der Waals surface area (Å²) in [5, 5.41) is 11.8. The summed E-state index contributed by atoms with van der Waals surface area (Å²) in [4.78, 5) is 13.5. The van der Waals surface area contributed by atoms with Gasteiger partial charge in [0, 0.05) is 13.1 Å². The van der Waals surface area contributed by atoms with Crippen LogP contribution >= 0.6 is 0 Å². The fourth-order valence-electron chi connectivity index (χ4n) is 1.56. The van der Waals surface area contributed by atoms with Crippen molar-refractivity contribution in [3.63, 3.8) is 0 Å². The Hall–Kier alpha value is -2.02. The Kier molecular flexibility index (Phi) is 5.02. The van der Waals surface area contributed by atoms with Crippen molar-refractivity contribution in [1.82, 2.24) is 10.2 Å². The molecule has 1 N–H and O–H groups in total. The molecule has 0 aliphatic rings. The number of amides is 2. The first kappa shape index (κ1) is 13.0. The monoisotopic (exact) mass is 231 g/mol. The molecule has 17 heavy (non-hydrogen) atoms. The summed E-state index contributed by atoms with van der Waals surface area (Å²) in [6.45, 7) is 5.09. The van der Waals surface area contributed by atoms with Gasteiger partial charge in [-0.05, 0) is 19.4 Å². The number of nitrogens with zero attached hydrogens (tertiary/aromatic N) is 2. The van der Waals surface area contributed by atoms with Crippen LogP contribution in [0.2, 0.25) is 0 Å². The second-order valence-electron chi connectivity index (χ2n) is 3.59. The van der Waals surface area contributed by atoms with Crippen molar-refractivity contribution in [2.24, 2.45) is 0 Å².